The number of carbonyl (C=O) groups excluding carboxylic acids is 3. The highest BCUT2D eigenvalue weighted by molar-refractivity contribution is 7.91. The lowest BCUT2D eigenvalue weighted by Crippen LogP contribution is -2.58. The Hall–Kier alpha value is -4.40. The lowest BCUT2D eigenvalue weighted by molar-refractivity contribution is -0.141. The molecule has 3 aliphatic heterocycles. The number of nitrogens with one attached hydrogen (secondary N) is 3. The van der Waals surface area contributed by atoms with E-state index >= 15 is 0 Å². The van der Waals surface area contributed by atoms with Crippen molar-refractivity contribution in [3.05, 3.63) is 41.6 Å². The van der Waals surface area contributed by atoms with Gasteiger partial charge in [0.15, 0.2) is 0 Å². The summed E-state index contributed by atoms with van der Waals surface area (Å²) in [7, 11) is -2.37. The van der Waals surface area contributed by atoms with Gasteiger partial charge in [-0.05, 0) is 83.3 Å². The molecule has 1 aromatic heterocycles. The van der Waals surface area contributed by atoms with Crippen LogP contribution in [0.15, 0.2) is 30.4 Å². The molecule has 14 nitrogen and oxygen atoms in total. The summed E-state index contributed by atoms with van der Waals surface area (Å²) in [4.78, 5) is 61.2. The Morgan fingerprint density at radius 2 is 1.89 bits per heavy atom. The van der Waals surface area contributed by atoms with Crippen LogP contribution in [-0.4, -0.2) is 88.8 Å². The van der Waals surface area contributed by atoms with Gasteiger partial charge in [0.1, 0.15) is 34.7 Å². The van der Waals surface area contributed by atoms with Crippen molar-refractivity contribution in [1.29, 1.82) is 0 Å². The van der Waals surface area contributed by atoms with E-state index in [0.717, 1.165) is 47.8 Å². The summed E-state index contributed by atoms with van der Waals surface area (Å²) < 4.78 is 40.0. The fourth-order valence-electron chi connectivity index (χ4n) is 8.45. The molecule has 8 rings (SSSR count). The molecule has 15 heteroatoms. The molecule has 5 atom stereocenters. The quantitative estimate of drug-likeness (QED) is 0.316. The zero-order chi connectivity index (χ0) is 37.3. The summed E-state index contributed by atoms with van der Waals surface area (Å²) in [6, 6.07) is 3.58. The van der Waals surface area contributed by atoms with E-state index in [4.69, 9.17) is 14.5 Å². The lowest BCUT2D eigenvalue weighted by atomic mass is 9.86. The predicted molar refractivity (Wildman–Crippen MR) is 193 cm³/mol. The third-order valence-electron chi connectivity index (χ3n) is 12.3. The molecule has 1 aromatic carbocycles. The van der Waals surface area contributed by atoms with E-state index in [1.807, 2.05) is 30.4 Å². The summed E-state index contributed by atoms with van der Waals surface area (Å²) >= 11 is 0. The van der Waals surface area contributed by atoms with E-state index in [1.165, 1.54) is 4.90 Å². The summed E-state index contributed by atoms with van der Waals surface area (Å²) in [5.74, 6) is -0.767. The Balaban J connectivity index is 1.15. The third kappa shape index (κ3) is 6.48. The number of fused-ring (bicyclic) bond motifs is 5. The van der Waals surface area contributed by atoms with Gasteiger partial charge in [0, 0.05) is 35.3 Å². The molecular weight excluding hydrogens is 703 g/mol. The third-order valence-corrected chi connectivity index (χ3v) is 14.5. The molecule has 284 valence electrons. The second-order valence-corrected chi connectivity index (χ2v) is 18.4. The van der Waals surface area contributed by atoms with Crippen molar-refractivity contribution in [2.75, 3.05) is 13.7 Å². The van der Waals surface area contributed by atoms with Gasteiger partial charge >= 0.3 is 6.09 Å². The van der Waals surface area contributed by atoms with E-state index in [-0.39, 0.29) is 31.7 Å². The van der Waals surface area contributed by atoms with Crippen LogP contribution < -0.4 is 24.8 Å². The number of hydrogen-bond donors (Lipinski definition) is 4. The van der Waals surface area contributed by atoms with Crippen LogP contribution in [-0.2, 0) is 30.8 Å². The Labute approximate surface area is 308 Å². The van der Waals surface area contributed by atoms with E-state index in [9.17, 15) is 32.7 Å². The van der Waals surface area contributed by atoms with Crippen molar-refractivity contribution in [2.45, 2.75) is 124 Å². The highest BCUT2D eigenvalue weighted by atomic mass is 32.2. The number of allylic oxidation sites excluding steroid dienone is 1. The maximum Gasteiger partial charge on any atom is 0.405 e. The number of nitrogens with zero attached hydrogens (tertiary/aromatic N) is 2. The first-order valence-electron chi connectivity index (χ1n) is 18.8. The number of sulfonamides is 1. The first-order valence-corrected chi connectivity index (χ1v) is 20.3. The largest absolute Gasteiger partial charge is 0.497 e. The monoisotopic (exact) mass is 749 g/mol. The van der Waals surface area contributed by atoms with Crippen molar-refractivity contribution >= 4 is 44.7 Å². The van der Waals surface area contributed by atoms with Crippen molar-refractivity contribution in [2.24, 2.45) is 5.92 Å². The van der Waals surface area contributed by atoms with Gasteiger partial charge < -0.3 is 30.1 Å². The number of rotatable bonds is 6. The number of carbonyl (C=O) groups is 4. The van der Waals surface area contributed by atoms with Crippen LogP contribution in [0.2, 0.25) is 0 Å². The molecule has 53 heavy (non-hydrogen) atoms. The summed E-state index contributed by atoms with van der Waals surface area (Å²) in [5, 5.41) is 16.0. The predicted octanol–water partition coefficient (Wildman–Crippen LogP) is 3.82. The van der Waals surface area contributed by atoms with Gasteiger partial charge in [0.05, 0.1) is 29.6 Å². The van der Waals surface area contributed by atoms with Crippen LogP contribution in [0.5, 0.6) is 11.5 Å². The maximum atomic E-state index is 14.5. The van der Waals surface area contributed by atoms with Gasteiger partial charge in [0.2, 0.25) is 21.8 Å². The van der Waals surface area contributed by atoms with Gasteiger partial charge in [-0.2, -0.15) is 0 Å². The molecule has 4 fully saturated rings. The van der Waals surface area contributed by atoms with Crippen LogP contribution in [0.3, 0.4) is 0 Å². The van der Waals surface area contributed by atoms with Crippen LogP contribution in [0.25, 0.3) is 10.9 Å². The first-order chi connectivity index (χ1) is 25.3. The van der Waals surface area contributed by atoms with Crippen LogP contribution >= 0.6 is 0 Å². The molecule has 0 radical (unpaired) electrons. The number of carboxylic acid groups (broad SMARTS) is 1. The molecule has 6 aliphatic rings. The zero-order valence-electron chi connectivity index (χ0n) is 30.1. The fourth-order valence-corrected chi connectivity index (χ4v) is 9.76. The van der Waals surface area contributed by atoms with E-state index in [2.05, 4.69) is 15.4 Å². The SMILES string of the molecule is COc1ccc2c3c(c(C4CC4)nc2c1)O[C@]1(CC3)CC2C(=O)NC3(C(=O)NS(=O)(=O)C4(C)CC4)CC3/C=C\CCCCC[C@H](NC(=O)O)C(=O)N2C1. The van der Waals surface area contributed by atoms with E-state index < -0.39 is 67.7 Å². The molecule has 0 bridgehead atoms. The standard InChI is InChI=1S/C38H47N5O9S/c1-36(16-17-36)53(49,50)42-34(46)38-19-23(38)8-6-4-3-5-7-9-27(40-35(47)48)33(45)43-21-37(20-29(43)32(44)41-38)15-14-26-25-13-12-24(51-2)18-28(25)39-30(22-10-11-22)31(26)52-37/h6,8,12-13,18,22-23,27,29,40H,3-5,7,9-11,14-17,19-21H2,1-2H3,(H,41,44)(H,42,46)(H,47,48)/b8-6-/t23?,27-,29?,37+,38?/m0/s1. The average Bonchev–Trinajstić information content (AvgIpc) is 4.05. The van der Waals surface area contributed by atoms with Gasteiger partial charge in [-0.3, -0.25) is 19.1 Å². The number of benzene rings is 1. The average molecular weight is 750 g/mol. The highest BCUT2D eigenvalue weighted by Crippen LogP contribution is 2.52. The first kappa shape index (κ1) is 35.6. The Morgan fingerprint density at radius 1 is 1.09 bits per heavy atom. The minimum Gasteiger partial charge on any atom is -0.497 e. The maximum absolute atomic E-state index is 14.5. The molecule has 2 aromatic rings. The number of pyridine rings is 1. The number of hydrogen-bond acceptors (Lipinski definition) is 9. The van der Waals surface area contributed by atoms with E-state index in [0.29, 0.717) is 50.0 Å². The van der Waals surface area contributed by atoms with Crippen molar-refractivity contribution < 1.29 is 42.2 Å². The van der Waals surface area contributed by atoms with Crippen LogP contribution in [0.4, 0.5) is 4.79 Å². The molecule has 4 N–H and O–H groups in total. The minimum atomic E-state index is -3.99. The van der Waals surface area contributed by atoms with Gasteiger partial charge in [-0.25, -0.2) is 18.2 Å². The molecule has 4 amide bonds. The lowest BCUT2D eigenvalue weighted by Gasteiger charge is -2.37. The second kappa shape index (κ2) is 12.9. The Bertz CT molecular complexity index is 2030. The smallest absolute Gasteiger partial charge is 0.405 e. The fraction of sp³-hybridized carbons (Fsp3) is 0.605. The summed E-state index contributed by atoms with van der Waals surface area (Å²) in [6.07, 6.45) is 9.72. The number of aryl methyl sites for hydroxylation is 1. The molecule has 3 unspecified atom stereocenters. The number of ether oxygens (including phenoxy) is 2. The second-order valence-electron chi connectivity index (χ2n) is 16.2. The van der Waals surface area contributed by atoms with Crippen molar-refractivity contribution in [3.8, 4) is 11.5 Å². The molecule has 3 aliphatic carbocycles. The zero-order valence-corrected chi connectivity index (χ0v) is 30.9. The van der Waals surface area contributed by atoms with E-state index in [1.54, 1.807) is 14.0 Å². The van der Waals surface area contributed by atoms with Crippen LogP contribution in [0, 0.1) is 5.92 Å². The highest BCUT2D eigenvalue weighted by Gasteiger charge is 2.64. The van der Waals surface area contributed by atoms with Crippen LogP contribution in [0.1, 0.15) is 101 Å². The molecule has 1 spiro atoms. The Morgan fingerprint density at radius 3 is 2.60 bits per heavy atom. The summed E-state index contributed by atoms with van der Waals surface area (Å²) in [6.45, 7) is 1.62. The Kier molecular flexibility index (Phi) is 8.65. The van der Waals surface area contributed by atoms with Crippen molar-refractivity contribution in [3.63, 3.8) is 0 Å². The summed E-state index contributed by atoms with van der Waals surface area (Å²) in [5.41, 5.74) is 0.176. The van der Waals surface area contributed by atoms with Gasteiger partial charge in [0.25, 0.3) is 5.91 Å². The molecule has 4 heterocycles. The molecular formula is C38H47N5O9S. The van der Waals surface area contributed by atoms with Gasteiger partial charge in [-0.15, -0.1) is 0 Å². The normalized spacial score (nSPS) is 31.4. The number of aromatic nitrogens is 1. The van der Waals surface area contributed by atoms with Gasteiger partial charge in [-0.1, -0.05) is 25.0 Å². The number of amides is 4. The minimum absolute atomic E-state index is 0.0289. The van der Waals surface area contributed by atoms with Crippen molar-refractivity contribution in [1.82, 2.24) is 25.2 Å². The topological polar surface area (TPSA) is 193 Å². The molecule has 1 saturated heterocycles. The molecule has 3 saturated carbocycles. The number of methoxy groups -OCH3 is 1.